The maximum absolute atomic E-state index is 10.8. The number of carbonyl (C=O) groups excluding carboxylic acids is 1. The van der Waals surface area contributed by atoms with Crippen LogP contribution in [0, 0.1) is 6.45 Å². The lowest BCUT2D eigenvalue weighted by atomic mass is 10.1. The minimum Gasteiger partial charge on any atom is -0.298 e. The highest BCUT2D eigenvalue weighted by molar-refractivity contribution is 14.1. The molecule has 0 atom stereocenters. The van der Waals surface area contributed by atoms with Gasteiger partial charge < -0.3 is 0 Å². The van der Waals surface area contributed by atoms with Crippen molar-refractivity contribution in [2.24, 2.45) is 0 Å². The van der Waals surface area contributed by atoms with Crippen LogP contribution >= 0.6 is 56.5 Å². The monoisotopic (exact) mass is 414 g/mol. The molecule has 0 aliphatic heterocycles. The number of benzene rings is 1. The Morgan fingerprint density at radius 3 is 2.77 bits per heavy atom. The number of carbonyl (C=O) groups is 1. The van der Waals surface area contributed by atoms with E-state index in [1.165, 1.54) is 11.2 Å². The van der Waals surface area contributed by atoms with Crippen LogP contribution in [0.2, 0.25) is 0 Å². The first-order valence-corrected chi connectivity index (χ1v) is 6.53. The van der Waals surface area contributed by atoms with Gasteiger partial charge in [-0.25, -0.2) is 0 Å². The van der Waals surface area contributed by atoms with Gasteiger partial charge in [0.2, 0.25) is 0 Å². The van der Waals surface area contributed by atoms with Crippen LogP contribution in [0.25, 0.3) is 10.1 Å². The van der Waals surface area contributed by atoms with Crippen molar-refractivity contribution in [3.05, 3.63) is 30.2 Å². The molecule has 0 saturated heterocycles. The molecule has 1 nitrogen and oxygen atoms in total. The zero-order valence-corrected chi connectivity index (χ0v) is 11.5. The fraction of sp³-hybridized carbons (Fsp3) is 0. The van der Waals surface area contributed by atoms with Crippen LogP contribution in [0.1, 0.15) is 10.4 Å². The molecule has 1 aromatic heterocycles. The zero-order valence-electron chi connectivity index (χ0n) is 6.38. The van der Waals surface area contributed by atoms with Gasteiger partial charge in [0.05, 0.1) is 2.88 Å². The van der Waals surface area contributed by atoms with Crippen LogP contribution < -0.4 is 0 Å². The quantitative estimate of drug-likeness (QED) is 0.511. The van der Waals surface area contributed by atoms with E-state index in [1.54, 1.807) is 11.3 Å². The van der Waals surface area contributed by atoms with E-state index in [1.807, 2.05) is 12.1 Å². The summed E-state index contributed by atoms with van der Waals surface area (Å²) in [5.74, 6) is 0. The molecule has 0 N–H and O–H groups in total. The summed E-state index contributed by atoms with van der Waals surface area (Å²) in [5.41, 5.74) is 0.793. The maximum Gasteiger partial charge on any atom is 0.150 e. The molecule has 0 unspecified atom stereocenters. The van der Waals surface area contributed by atoms with E-state index in [0.717, 1.165) is 17.2 Å². The number of hydrogen-bond donors (Lipinski definition) is 0. The van der Waals surface area contributed by atoms with Gasteiger partial charge >= 0.3 is 0 Å². The lowest BCUT2D eigenvalue weighted by Crippen LogP contribution is -1.81. The van der Waals surface area contributed by atoms with Crippen molar-refractivity contribution in [1.82, 2.24) is 0 Å². The van der Waals surface area contributed by atoms with E-state index in [9.17, 15) is 4.79 Å². The lowest BCUT2D eigenvalue weighted by Gasteiger charge is -1.93. The van der Waals surface area contributed by atoms with Gasteiger partial charge in [-0.05, 0) is 51.2 Å². The molecule has 0 amide bonds. The third-order valence-corrected chi connectivity index (χ3v) is 6.40. The number of thiophene rings is 1. The van der Waals surface area contributed by atoms with Crippen molar-refractivity contribution < 1.29 is 4.79 Å². The van der Waals surface area contributed by atoms with Gasteiger partial charge in [-0.1, -0.05) is 12.1 Å². The molecule has 0 fully saturated rings. The maximum atomic E-state index is 10.8. The van der Waals surface area contributed by atoms with E-state index in [2.05, 4.69) is 51.2 Å². The third kappa shape index (κ3) is 1.63. The molecule has 2 aromatic rings. The fourth-order valence-corrected chi connectivity index (χ4v) is 4.16. The largest absolute Gasteiger partial charge is 0.298 e. The van der Waals surface area contributed by atoms with E-state index in [4.69, 9.17) is 0 Å². The summed E-state index contributed by atoms with van der Waals surface area (Å²) in [6.07, 6.45) is 0.924. The Labute approximate surface area is 107 Å². The molecule has 2 rings (SSSR count). The predicted molar refractivity (Wildman–Crippen MR) is 72.6 cm³/mol. The summed E-state index contributed by atoms with van der Waals surface area (Å²) >= 11 is 6.32. The van der Waals surface area contributed by atoms with Gasteiger partial charge in [0.25, 0.3) is 0 Å². The summed E-state index contributed by atoms with van der Waals surface area (Å²) in [6.45, 7) is 0. The Bertz CT molecular complexity index is 476. The van der Waals surface area contributed by atoms with E-state index in [0.29, 0.717) is 0 Å². The average molecular weight is 414 g/mol. The summed E-state index contributed by atoms with van der Waals surface area (Å²) in [4.78, 5) is 10.8. The van der Waals surface area contributed by atoms with Crippen molar-refractivity contribution in [1.29, 1.82) is 0 Å². The lowest BCUT2D eigenvalue weighted by molar-refractivity contribution is 0.112. The number of halogens is 2. The fourth-order valence-electron chi connectivity index (χ4n) is 1.21. The highest BCUT2D eigenvalue weighted by Crippen LogP contribution is 2.34. The van der Waals surface area contributed by atoms with E-state index >= 15 is 0 Å². The molecule has 66 valence electrons. The van der Waals surface area contributed by atoms with Crippen molar-refractivity contribution >= 4 is 72.9 Å². The highest BCUT2D eigenvalue weighted by Gasteiger charge is 2.10. The minimum atomic E-state index is 0.793. The van der Waals surface area contributed by atoms with E-state index < -0.39 is 0 Å². The molecular formula is C9H4I2OS. The molecule has 0 spiro atoms. The molecule has 0 bridgehead atoms. The SMILES string of the molecule is O=Cc1cccc2sc(I)c(I)c12. The Morgan fingerprint density at radius 1 is 1.31 bits per heavy atom. The zero-order chi connectivity index (χ0) is 9.42. The number of hydrogen-bond acceptors (Lipinski definition) is 2. The van der Waals surface area contributed by atoms with Crippen LogP contribution in [0.4, 0.5) is 0 Å². The van der Waals surface area contributed by atoms with Crippen molar-refractivity contribution in [3.63, 3.8) is 0 Å². The van der Waals surface area contributed by atoms with Gasteiger partial charge in [0.1, 0.15) is 0 Å². The molecule has 4 heteroatoms. The van der Waals surface area contributed by atoms with Crippen molar-refractivity contribution in [3.8, 4) is 0 Å². The number of aldehydes is 1. The molecular weight excluding hydrogens is 410 g/mol. The number of rotatable bonds is 1. The van der Waals surface area contributed by atoms with Crippen LogP contribution in [0.15, 0.2) is 18.2 Å². The Hall–Kier alpha value is 0.310. The van der Waals surface area contributed by atoms with E-state index in [-0.39, 0.29) is 0 Å². The molecule has 0 aliphatic rings. The van der Waals surface area contributed by atoms with Gasteiger partial charge in [-0.2, -0.15) is 0 Å². The van der Waals surface area contributed by atoms with Crippen LogP contribution in [0.3, 0.4) is 0 Å². The van der Waals surface area contributed by atoms with Crippen molar-refractivity contribution in [2.75, 3.05) is 0 Å². The first kappa shape index (κ1) is 9.85. The van der Waals surface area contributed by atoms with Gasteiger partial charge in [-0.15, -0.1) is 11.3 Å². The standard InChI is InChI=1S/C9H4I2OS/c10-8-7-5(4-12)2-1-3-6(7)13-9(8)11/h1-4H. The average Bonchev–Trinajstić information content (AvgIpc) is 2.43. The normalized spacial score (nSPS) is 10.6. The Balaban J connectivity index is 2.94. The molecule has 0 aliphatic carbocycles. The third-order valence-electron chi connectivity index (χ3n) is 1.78. The summed E-state index contributed by atoms with van der Waals surface area (Å²) in [7, 11) is 0. The second-order valence-electron chi connectivity index (χ2n) is 2.53. The highest BCUT2D eigenvalue weighted by atomic mass is 127. The Morgan fingerprint density at radius 2 is 2.08 bits per heavy atom. The van der Waals surface area contributed by atoms with Gasteiger partial charge in [0.15, 0.2) is 6.29 Å². The smallest absolute Gasteiger partial charge is 0.150 e. The molecule has 1 aromatic carbocycles. The van der Waals surface area contributed by atoms with Gasteiger partial charge in [-0.3, -0.25) is 4.79 Å². The van der Waals surface area contributed by atoms with Crippen LogP contribution in [0.5, 0.6) is 0 Å². The number of fused-ring (bicyclic) bond motifs is 1. The van der Waals surface area contributed by atoms with Crippen LogP contribution in [-0.4, -0.2) is 6.29 Å². The topological polar surface area (TPSA) is 17.1 Å². The van der Waals surface area contributed by atoms with Crippen LogP contribution in [-0.2, 0) is 0 Å². The van der Waals surface area contributed by atoms with Crippen molar-refractivity contribution in [2.45, 2.75) is 0 Å². The molecule has 0 radical (unpaired) electrons. The molecule has 1 heterocycles. The summed E-state index contributed by atoms with van der Waals surface area (Å²) < 4.78 is 3.64. The second kappa shape index (κ2) is 3.82. The second-order valence-corrected chi connectivity index (χ2v) is 6.47. The summed E-state index contributed by atoms with van der Waals surface area (Å²) in [6, 6.07) is 5.84. The minimum absolute atomic E-state index is 0.793. The first-order valence-electron chi connectivity index (χ1n) is 3.55. The predicted octanol–water partition coefficient (Wildman–Crippen LogP) is 3.92. The molecule has 13 heavy (non-hydrogen) atoms. The Kier molecular flexibility index (Phi) is 2.89. The first-order chi connectivity index (χ1) is 6.24. The molecule has 0 saturated carbocycles. The summed E-state index contributed by atoms with van der Waals surface area (Å²) in [5, 5.41) is 1.10. The van der Waals surface area contributed by atoms with Gasteiger partial charge in [0, 0.05) is 19.2 Å².